The lowest BCUT2D eigenvalue weighted by molar-refractivity contribution is 0.199. The van der Waals surface area contributed by atoms with Crippen LogP contribution in [0.25, 0.3) is 0 Å². The third kappa shape index (κ3) is 4.16. The van der Waals surface area contributed by atoms with Crippen LogP contribution in [0.5, 0.6) is 5.75 Å². The van der Waals surface area contributed by atoms with Gasteiger partial charge in [-0.3, -0.25) is 4.90 Å². The van der Waals surface area contributed by atoms with E-state index in [1.165, 1.54) is 18.4 Å². The van der Waals surface area contributed by atoms with Crippen LogP contribution in [-0.4, -0.2) is 35.7 Å². The van der Waals surface area contributed by atoms with Crippen LogP contribution in [0.3, 0.4) is 0 Å². The fourth-order valence-electron chi connectivity index (χ4n) is 2.52. The SMILES string of the molecule is CCCN(Cc1cccc(O)c1)C1CCNC1.Cl. The highest BCUT2D eigenvalue weighted by Gasteiger charge is 2.21. The monoisotopic (exact) mass is 270 g/mol. The van der Waals surface area contributed by atoms with E-state index in [1.807, 2.05) is 12.1 Å². The molecule has 102 valence electrons. The van der Waals surface area contributed by atoms with Crippen molar-refractivity contribution in [1.82, 2.24) is 10.2 Å². The van der Waals surface area contributed by atoms with Crippen molar-refractivity contribution in [3.63, 3.8) is 0 Å². The molecule has 3 nitrogen and oxygen atoms in total. The van der Waals surface area contributed by atoms with Gasteiger partial charge in [-0.05, 0) is 43.6 Å². The van der Waals surface area contributed by atoms with Gasteiger partial charge < -0.3 is 10.4 Å². The van der Waals surface area contributed by atoms with E-state index in [4.69, 9.17) is 0 Å². The first-order valence-electron chi connectivity index (χ1n) is 6.52. The smallest absolute Gasteiger partial charge is 0.115 e. The van der Waals surface area contributed by atoms with Gasteiger partial charge in [-0.2, -0.15) is 0 Å². The van der Waals surface area contributed by atoms with Gasteiger partial charge in [0.2, 0.25) is 0 Å². The number of halogens is 1. The highest BCUT2D eigenvalue weighted by atomic mass is 35.5. The number of phenolic OH excluding ortho intramolecular Hbond substituents is 1. The van der Waals surface area contributed by atoms with Crippen LogP contribution in [0.15, 0.2) is 24.3 Å². The predicted molar refractivity (Wildman–Crippen MR) is 77.3 cm³/mol. The molecular weight excluding hydrogens is 248 g/mol. The third-order valence-corrected chi connectivity index (χ3v) is 3.36. The van der Waals surface area contributed by atoms with Gasteiger partial charge >= 0.3 is 0 Å². The van der Waals surface area contributed by atoms with Crippen molar-refractivity contribution in [3.8, 4) is 5.75 Å². The standard InChI is InChI=1S/C14H22N2O.ClH/c1-2-8-16(13-6-7-15-10-13)11-12-4-3-5-14(17)9-12;/h3-5,9,13,15,17H,2,6-8,10-11H2,1H3;1H. The molecule has 1 unspecified atom stereocenters. The molecule has 0 spiro atoms. The molecule has 1 saturated heterocycles. The van der Waals surface area contributed by atoms with E-state index >= 15 is 0 Å². The molecule has 1 aliphatic rings. The number of nitrogens with one attached hydrogen (secondary N) is 1. The van der Waals surface area contributed by atoms with Gasteiger partial charge in [0, 0.05) is 19.1 Å². The molecule has 1 aromatic rings. The average molecular weight is 271 g/mol. The lowest BCUT2D eigenvalue weighted by Crippen LogP contribution is -2.36. The van der Waals surface area contributed by atoms with Crippen molar-refractivity contribution in [2.24, 2.45) is 0 Å². The molecule has 4 heteroatoms. The molecule has 0 amide bonds. The highest BCUT2D eigenvalue weighted by Crippen LogP contribution is 2.17. The minimum atomic E-state index is 0. The summed E-state index contributed by atoms with van der Waals surface area (Å²) >= 11 is 0. The maximum absolute atomic E-state index is 9.49. The summed E-state index contributed by atoms with van der Waals surface area (Å²) in [6.45, 7) is 6.51. The maximum atomic E-state index is 9.49. The van der Waals surface area contributed by atoms with Gasteiger partial charge in [0.15, 0.2) is 0 Å². The molecule has 0 saturated carbocycles. The number of nitrogens with zero attached hydrogens (tertiary/aromatic N) is 1. The zero-order valence-corrected chi connectivity index (χ0v) is 11.7. The summed E-state index contributed by atoms with van der Waals surface area (Å²) in [5.41, 5.74) is 1.20. The lowest BCUT2D eigenvalue weighted by Gasteiger charge is -2.28. The molecule has 1 aromatic carbocycles. The third-order valence-electron chi connectivity index (χ3n) is 3.36. The second-order valence-corrected chi connectivity index (χ2v) is 4.79. The number of hydrogen-bond donors (Lipinski definition) is 2. The van der Waals surface area contributed by atoms with E-state index in [0.717, 1.165) is 26.2 Å². The van der Waals surface area contributed by atoms with Gasteiger partial charge in [-0.15, -0.1) is 12.4 Å². The number of rotatable bonds is 5. The molecule has 0 radical (unpaired) electrons. The normalized spacial score (nSPS) is 18.9. The largest absolute Gasteiger partial charge is 0.508 e. The van der Waals surface area contributed by atoms with Gasteiger partial charge in [0.25, 0.3) is 0 Å². The van der Waals surface area contributed by atoms with E-state index in [2.05, 4.69) is 23.2 Å². The quantitative estimate of drug-likeness (QED) is 0.862. The van der Waals surface area contributed by atoms with Gasteiger partial charge in [0.1, 0.15) is 5.75 Å². The Morgan fingerprint density at radius 1 is 1.44 bits per heavy atom. The van der Waals surface area contributed by atoms with Crippen LogP contribution in [0.1, 0.15) is 25.3 Å². The van der Waals surface area contributed by atoms with Crippen LogP contribution in [0, 0.1) is 0 Å². The van der Waals surface area contributed by atoms with Gasteiger partial charge in [-0.1, -0.05) is 19.1 Å². The van der Waals surface area contributed by atoms with E-state index < -0.39 is 0 Å². The minimum Gasteiger partial charge on any atom is -0.508 e. The summed E-state index contributed by atoms with van der Waals surface area (Å²) in [6, 6.07) is 8.25. The fourth-order valence-corrected chi connectivity index (χ4v) is 2.52. The Morgan fingerprint density at radius 2 is 2.28 bits per heavy atom. The van der Waals surface area contributed by atoms with Crippen LogP contribution < -0.4 is 5.32 Å². The molecular formula is C14H23ClN2O. The summed E-state index contributed by atoms with van der Waals surface area (Å²) in [5.74, 6) is 0.364. The van der Waals surface area contributed by atoms with E-state index in [0.29, 0.717) is 11.8 Å². The van der Waals surface area contributed by atoms with Crippen LogP contribution >= 0.6 is 12.4 Å². The molecule has 1 fully saturated rings. The lowest BCUT2D eigenvalue weighted by atomic mass is 10.1. The van der Waals surface area contributed by atoms with Crippen LogP contribution in [0.4, 0.5) is 0 Å². The Kier molecular flexibility index (Phi) is 6.47. The number of aromatic hydroxyl groups is 1. The second-order valence-electron chi connectivity index (χ2n) is 4.79. The topological polar surface area (TPSA) is 35.5 Å². The molecule has 2 rings (SSSR count). The summed E-state index contributed by atoms with van der Waals surface area (Å²) in [5, 5.41) is 12.9. The van der Waals surface area contributed by atoms with Crippen molar-refractivity contribution < 1.29 is 5.11 Å². The van der Waals surface area contributed by atoms with E-state index in [1.54, 1.807) is 6.07 Å². The highest BCUT2D eigenvalue weighted by molar-refractivity contribution is 5.85. The van der Waals surface area contributed by atoms with Crippen molar-refractivity contribution in [2.75, 3.05) is 19.6 Å². The zero-order chi connectivity index (χ0) is 12.1. The van der Waals surface area contributed by atoms with Crippen molar-refractivity contribution >= 4 is 12.4 Å². The Balaban J connectivity index is 0.00000162. The van der Waals surface area contributed by atoms with Crippen LogP contribution in [-0.2, 0) is 6.54 Å². The Hall–Kier alpha value is -0.770. The van der Waals surface area contributed by atoms with Gasteiger partial charge in [0.05, 0.1) is 0 Å². The second kappa shape index (κ2) is 7.62. The summed E-state index contributed by atoms with van der Waals surface area (Å²) in [6.07, 6.45) is 2.41. The molecule has 0 aromatic heterocycles. The number of benzene rings is 1. The first kappa shape index (κ1) is 15.3. The van der Waals surface area contributed by atoms with Gasteiger partial charge in [-0.25, -0.2) is 0 Å². The summed E-state index contributed by atoms with van der Waals surface area (Å²) in [7, 11) is 0. The molecule has 18 heavy (non-hydrogen) atoms. The fraction of sp³-hybridized carbons (Fsp3) is 0.571. The average Bonchev–Trinajstić information content (AvgIpc) is 2.82. The summed E-state index contributed by atoms with van der Waals surface area (Å²) < 4.78 is 0. The van der Waals surface area contributed by atoms with Crippen molar-refractivity contribution in [1.29, 1.82) is 0 Å². The van der Waals surface area contributed by atoms with Crippen LogP contribution in [0.2, 0.25) is 0 Å². The Bertz CT molecular complexity index is 353. The maximum Gasteiger partial charge on any atom is 0.115 e. The van der Waals surface area contributed by atoms with E-state index in [-0.39, 0.29) is 12.4 Å². The number of hydrogen-bond acceptors (Lipinski definition) is 3. The number of phenols is 1. The molecule has 1 atom stereocenters. The molecule has 2 N–H and O–H groups in total. The first-order chi connectivity index (χ1) is 8.29. The minimum absolute atomic E-state index is 0. The zero-order valence-electron chi connectivity index (χ0n) is 10.9. The van der Waals surface area contributed by atoms with Crippen molar-refractivity contribution in [3.05, 3.63) is 29.8 Å². The molecule has 0 aliphatic carbocycles. The molecule has 1 heterocycles. The van der Waals surface area contributed by atoms with Crippen molar-refractivity contribution in [2.45, 2.75) is 32.4 Å². The molecule has 0 bridgehead atoms. The predicted octanol–water partition coefficient (Wildman–Crippen LogP) is 2.39. The molecule has 1 aliphatic heterocycles. The van der Waals surface area contributed by atoms with E-state index in [9.17, 15) is 5.11 Å². The Morgan fingerprint density at radius 3 is 2.89 bits per heavy atom. The first-order valence-corrected chi connectivity index (χ1v) is 6.52. The Labute approximate surface area is 116 Å². The summed E-state index contributed by atoms with van der Waals surface area (Å²) in [4.78, 5) is 2.52.